The molecule has 7 heteroatoms. The molecule has 5 nitrogen and oxygen atoms in total. The van der Waals surface area contributed by atoms with E-state index >= 15 is 0 Å². The Balaban J connectivity index is 1.43. The van der Waals surface area contributed by atoms with Gasteiger partial charge in [0.2, 0.25) is 0 Å². The van der Waals surface area contributed by atoms with Gasteiger partial charge < -0.3 is 9.57 Å². The molecule has 0 amide bonds. The van der Waals surface area contributed by atoms with Gasteiger partial charge in [-0.2, -0.15) is 0 Å². The monoisotopic (exact) mass is 418 g/mol. The highest BCUT2D eigenvalue weighted by atomic mass is 35.5. The molecule has 3 heterocycles. The summed E-state index contributed by atoms with van der Waals surface area (Å²) in [5.41, 5.74) is 0.988. The molecule has 0 spiro atoms. The van der Waals surface area contributed by atoms with E-state index in [9.17, 15) is 4.79 Å². The van der Waals surface area contributed by atoms with Crippen LogP contribution in [0.1, 0.15) is 28.8 Å². The number of rotatable bonds is 5. The van der Waals surface area contributed by atoms with Crippen LogP contribution < -0.4 is 4.74 Å². The Morgan fingerprint density at radius 2 is 1.89 bits per heavy atom. The summed E-state index contributed by atoms with van der Waals surface area (Å²) in [6.45, 7) is 3.24. The minimum Gasteiger partial charge on any atom is -0.422 e. The molecule has 1 unspecified atom stereocenters. The van der Waals surface area contributed by atoms with Crippen LogP contribution in [-0.2, 0) is 4.84 Å². The largest absolute Gasteiger partial charge is 0.422 e. The molecule has 3 saturated heterocycles. The minimum atomic E-state index is -0.516. The van der Waals surface area contributed by atoms with Crippen LogP contribution in [-0.4, -0.2) is 42.8 Å². The second-order valence-corrected chi connectivity index (χ2v) is 7.89. The molecule has 5 rings (SSSR count). The third-order valence-electron chi connectivity index (χ3n) is 5.26. The van der Waals surface area contributed by atoms with E-state index in [1.54, 1.807) is 30.5 Å². The lowest BCUT2D eigenvalue weighted by molar-refractivity contribution is -0.0675. The average molecular weight is 419 g/mol. The molecular formula is C21H20Cl2N2O3. The highest BCUT2D eigenvalue weighted by Gasteiger charge is 2.35. The van der Waals surface area contributed by atoms with Crippen molar-refractivity contribution in [3.8, 4) is 5.75 Å². The van der Waals surface area contributed by atoms with Crippen LogP contribution in [0.15, 0.2) is 47.6 Å². The molecule has 0 aromatic heterocycles. The molecule has 0 aliphatic carbocycles. The molecule has 3 aliphatic rings. The summed E-state index contributed by atoms with van der Waals surface area (Å²) in [4.78, 5) is 20.6. The Bertz CT molecular complexity index is 895. The number of hydrogen-bond donors (Lipinski definition) is 0. The van der Waals surface area contributed by atoms with Crippen LogP contribution in [0.2, 0.25) is 10.0 Å². The Morgan fingerprint density at radius 1 is 1.11 bits per heavy atom. The molecular weight excluding hydrogens is 399 g/mol. The van der Waals surface area contributed by atoms with Crippen molar-refractivity contribution in [2.75, 3.05) is 19.6 Å². The molecule has 3 aliphatic heterocycles. The van der Waals surface area contributed by atoms with Crippen LogP contribution >= 0.6 is 23.2 Å². The molecule has 2 bridgehead atoms. The normalized spacial score (nSPS) is 23.7. The van der Waals surface area contributed by atoms with Crippen molar-refractivity contribution in [3.63, 3.8) is 0 Å². The van der Waals surface area contributed by atoms with E-state index in [-0.39, 0.29) is 6.10 Å². The maximum absolute atomic E-state index is 12.4. The number of hydrogen-bond acceptors (Lipinski definition) is 5. The van der Waals surface area contributed by atoms with Gasteiger partial charge in [0.1, 0.15) is 11.9 Å². The fourth-order valence-electron chi connectivity index (χ4n) is 3.66. The zero-order valence-electron chi connectivity index (χ0n) is 15.2. The van der Waals surface area contributed by atoms with E-state index in [2.05, 4.69) is 10.1 Å². The highest BCUT2D eigenvalue weighted by molar-refractivity contribution is 6.42. The number of halogens is 2. The smallest absolute Gasteiger partial charge is 0.343 e. The number of para-hydroxylation sites is 1. The van der Waals surface area contributed by atoms with Crippen molar-refractivity contribution in [1.29, 1.82) is 0 Å². The number of esters is 1. The highest BCUT2D eigenvalue weighted by Crippen LogP contribution is 2.30. The Labute approximate surface area is 173 Å². The first-order valence-corrected chi connectivity index (χ1v) is 10.0. The Kier molecular flexibility index (Phi) is 5.85. The van der Waals surface area contributed by atoms with Gasteiger partial charge in [-0.3, -0.25) is 4.90 Å². The van der Waals surface area contributed by atoms with E-state index in [4.69, 9.17) is 32.8 Å². The zero-order chi connectivity index (χ0) is 19.5. The van der Waals surface area contributed by atoms with Gasteiger partial charge >= 0.3 is 5.97 Å². The molecule has 2 aromatic rings. The van der Waals surface area contributed by atoms with Gasteiger partial charge in [0.05, 0.1) is 21.8 Å². The standard InChI is InChI=1S/C21H20Cl2N2O3/c22-17-6-5-15(11-18(17)23)21(26)27-19-4-2-1-3-16(19)12-24-28-20-13-25-9-7-14(20)8-10-25/h1-6,11-12,14,20H,7-10,13H2/b24-12+. The van der Waals surface area contributed by atoms with E-state index in [0.29, 0.717) is 32.8 Å². The van der Waals surface area contributed by atoms with E-state index in [1.165, 1.54) is 6.07 Å². The topological polar surface area (TPSA) is 51.1 Å². The molecule has 146 valence electrons. The van der Waals surface area contributed by atoms with Gasteiger partial charge in [0.15, 0.2) is 0 Å². The summed E-state index contributed by atoms with van der Waals surface area (Å²) in [5.74, 6) is 0.461. The second-order valence-electron chi connectivity index (χ2n) is 7.07. The van der Waals surface area contributed by atoms with Crippen LogP contribution in [0.3, 0.4) is 0 Å². The summed E-state index contributed by atoms with van der Waals surface area (Å²) in [6.07, 6.45) is 4.05. The van der Waals surface area contributed by atoms with Crippen LogP contribution in [0.5, 0.6) is 5.75 Å². The van der Waals surface area contributed by atoms with Gasteiger partial charge in [-0.05, 0) is 56.3 Å². The van der Waals surface area contributed by atoms with Crippen molar-refractivity contribution < 1.29 is 14.4 Å². The lowest BCUT2D eigenvalue weighted by Gasteiger charge is -2.42. The first-order valence-electron chi connectivity index (χ1n) is 9.28. The maximum Gasteiger partial charge on any atom is 0.343 e. The molecule has 0 saturated carbocycles. The lowest BCUT2D eigenvalue weighted by Crippen LogP contribution is -2.50. The summed E-state index contributed by atoms with van der Waals surface area (Å²) in [5, 5.41) is 4.86. The van der Waals surface area contributed by atoms with E-state index in [1.807, 2.05) is 12.1 Å². The third kappa shape index (κ3) is 4.32. The van der Waals surface area contributed by atoms with Gasteiger partial charge in [0, 0.05) is 18.0 Å². The van der Waals surface area contributed by atoms with Crippen LogP contribution in [0.4, 0.5) is 0 Å². The quantitative estimate of drug-likeness (QED) is 0.306. The predicted molar refractivity (Wildman–Crippen MR) is 109 cm³/mol. The van der Waals surface area contributed by atoms with Crippen molar-refractivity contribution in [2.45, 2.75) is 18.9 Å². The summed E-state index contributed by atoms with van der Waals surface area (Å²) >= 11 is 11.9. The van der Waals surface area contributed by atoms with Crippen molar-refractivity contribution >= 4 is 35.4 Å². The number of oxime groups is 1. The van der Waals surface area contributed by atoms with Crippen LogP contribution in [0.25, 0.3) is 0 Å². The Hall–Kier alpha value is -2.08. The fourth-order valence-corrected chi connectivity index (χ4v) is 3.96. The van der Waals surface area contributed by atoms with E-state index in [0.717, 1.165) is 32.5 Å². The van der Waals surface area contributed by atoms with Gasteiger partial charge in [-0.15, -0.1) is 0 Å². The first kappa shape index (κ1) is 19.2. The second kappa shape index (κ2) is 8.52. The summed E-state index contributed by atoms with van der Waals surface area (Å²) in [7, 11) is 0. The molecule has 1 atom stereocenters. The molecule has 28 heavy (non-hydrogen) atoms. The SMILES string of the molecule is O=C(Oc1ccccc1/C=N/OC1CN2CCC1CC2)c1ccc(Cl)c(Cl)c1. The number of ether oxygens (including phenoxy) is 1. The molecule has 0 N–H and O–H groups in total. The van der Waals surface area contributed by atoms with Crippen LogP contribution in [0, 0.1) is 5.92 Å². The predicted octanol–water partition coefficient (Wildman–Crippen LogP) is 4.66. The number of carbonyl (C=O) groups excluding carboxylic acids is 1. The number of piperidine rings is 3. The molecule has 3 fully saturated rings. The average Bonchev–Trinajstić information content (AvgIpc) is 2.72. The first-order chi connectivity index (χ1) is 13.6. The number of benzene rings is 2. The minimum absolute atomic E-state index is 0.129. The summed E-state index contributed by atoms with van der Waals surface area (Å²) < 4.78 is 5.52. The maximum atomic E-state index is 12.4. The van der Waals surface area contributed by atoms with Gasteiger partial charge in [0.25, 0.3) is 0 Å². The van der Waals surface area contributed by atoms with Gasteiger partial charge in [-0.25, -0.2) is 4.79 Å². The lowest BCUT2D eigenvalue weighted by atomic mass is 9.86. The van der Waals surface area contributed by atoms with Crippen molar-refractivity contribution in [3.05, 3.63) is 63.6 Å². The van der Waals surface area contributed by atoms with E-state index < -0.39 is 5.97 Å². The van der Waals surface area contributed by atoms with Crippen molar-refractivity contribution in [1.82, 2.24) is 4.90 Å². The van der Waals surface area contributed by atoms with Gasteiger partial charge in [-0.1, -0.05) is 40.5 Å². The molecule has 0 radical (unpaired) electrons. The number of nitrogens with zero attached hydrogens (tertiary/aromatic N) is 2. The number of carbonyl (C=O) groups is 1. The third-order valence-corrected chi connectivity index (χ3v) is 6.00. The Morgan fingerprint density at radius 3 is 2.61 bits per heavy atom. The fraction of sp³-hybridized carbons (Fsp3) is 0.333. The summed E-state index contributed by atoms with van der Waals surface area (Å²) in [6, 6.07) is 11.8. The molecule has 2 aromatic carbocycles. The number of fused-ring (bicyclic) bond motifs is 3. The van der Waals surface area contributed by atoms with Crippen molar-refractivity contribution in [2.24, 2.45) is 11.1 Å². The zero-order valence-corrected chi connectivity index (χ0v) is 16.7.